The van der Waals surface area contributed by atoms with Gasteiger partial charge in [-0.15, -0.1) is 10.2 Å². The topological polar surface area (TPSA) is 56.0 Å². The van der Waals surface area contributed by atoms with E-state index in [1.54, 1.807) is 0 Å². The van der Waals surface area contributed by atoms with Gasteiger partial charge in [-0.25, -0.2) is 0 Å². The van der Waals surface area contributed by atoms with E-state index in [0.717, 1.165) is 28.1 Å². The van der Waals surface area contributed by atoms with Gasteiger partial charge < -0.3 is 0 Å². The summed E-state index contributed by atoms with van der Waals surface area (Å²) in [6, 6.07) is 22.3. The highest BCUT2D eigenvalue weighted by molar-refractivity contribution is 5.85. The van der Waals surface area contributed by atoms with Gasteiger partial charge in [0.05, 0.1) is 5.69 Å². The molecule has 5 aromatic rings. The van der Waals surface area contributed by atoms with Crippen molar-refractivity contribution < 1.29 is 0 Å². The van der Waals surface area contributed by atoms with Crippen molar-refractivity contribution in [3.05, 3.63) is 90.5 Å². The zero-order chi connectivity index (χ0) is 17.3. The molecule has 0 N–H and O–H groups in total. The largest absolute Gasteiger partial charge is 0.264 e. The molecular weight excluding hydrogens is 322 g/mol. The SMILES string of the molecule is c1ccc(-c2ccc3nnc(Cc4cccc5cnccc45)n3n2)cc1. The van der Waals surface area contributed by atoms with Crippen molar-refractivity contribution in [3.63, 3.8) is 0 Å². The van der Waals surface area contributed by atoms with Gasteiger partial charge in [-0.05, 0) is 29.1 Å². The van der Waals surface area contributed by atoms with Gasteiger partial charge in [-0.1, -0.05) is 48.5 Å². The van der Waals surface area contributed by atoms with Crippen LogP contribution in [0.1, 0.15) is 11.4 Å². The lowest BCUT2D eigenvalue weighted by Crippen LogP contribution is -2.02. The van der Waals surface area contributed by atoms with E-state index in [2.05, 4.69) is 39.4 Å². The third kappa shape index (κ3) is 2.50. The van der Waals surface area contributed by atoms with Crippen molar-refractivity contribution in [2.24, 2.45) is 0 Å². The number of hydrogen-bond donors (Lipinski definition) is 0. The Balaban J connectivity index is 1.61. The molecule has 124 valence electrons. The molecule has 0 fully saturated rings. The molecule has 3 aromatic heterocycles. The molecule has 0 bridgehead atoms. The van der Waals surface area contributed by atoms with Crippen LogP contribution in [0.3, 0.4) is 0 Å². The monoisotopic (exact) mass is 337 g/mol. The molecule has 0 aliphatic carbocycles. The Morgan fingerprint density at radius 3 is 2.65 bits per heavy atom. The van der Waals surface area contributed by atoms with E-state index in [1.807, 2.05) is 59.4 Å². The molecule has 26 heavy (non-hydrogen) atoms. The number of fused-ring (bicyclic) bond motifs is 2. The molecule has 0 amide bonds. The van der Waals surface area contributed by atoms with Crippen molar-refractivity contribution in [3.8, 4) is 11.3 Å². The van der Waals surface area contributed by atoms with E-state index in [0.29, 0.717) is 6.42 Å². The van der Waals surface area contributed by atoms with Gasteiger partial charge in [0.25, 0.3) is 0 Å². The highest BCUT2D eigenvalue weighted by Crippen LogP contribution is 2.21. The van der Waals surface area contributed by atoms with Crippen LogP contribution in [0.4, 0.5) is 0 Å². The minimum absolute atomic E-state index is 0.660. The van der Waals surface area contributed by atoms with Crippen LogP contribution in [0, 0.1) is 0 Å². The molecular formula is C21H15N5. The van der Waals surface area contributed by atoms with Gasteiger partial charge in [0.1, 0.15) is 0 Å². The normalized spacial score (nSPS) is 11.2. The third-order valence-electron chi connectivity index (χ3n) is 4.52. The quantitative estimate of drug-likeness (QED) is 0.500. The number of nitrogens with zero attached hydrogens (tertiary/aromatic N) is 5. The van der Waals surface area contributed by atoms with Gasteiger partial charge in [-0.3, -0.25) is 4.98 Å². The Morgan fingerprint density at radius 2 is 1.73 bits per heavy atom. The van der Waals surface area contributed by atoms with Crippen molar-refractivity contribution in [2.75, 3.05) is 0 Å². The van der Waals surface area contributed by atoms with E-state index in [-0.39, 0.29) is 0 Å². The third-order valence-corrected chi connectivity index (χ3v) is 4.52. The van der Waals surface area contributed by atoms with E-state index in [1.165, 1.54) is 10.9 Å². The van der Waals surface area contributed by atoms with Crippen LogP contribution in [-0.4, -0.2) is 24.8 Å². The summed E-state index contributed by atoms with van der Waals surface area (Å²) < 4.78 is 1.84. The van der Waals surface area contributed by atoms with Crippen molar-refractivity contribution in [1.82, 2.24) is 24.8 Å². The van der Waals surface area contributed by atoms with Gasteiger partial charge in [0.15, 0.2) is 11.5 Å². The van der Waals surface area contributed by atoms with Crippen LogP contribution >= 0.6 is 0 Å². The maximum atomic E-state index is 4.76. The van der Waals surface area contributed by atoms with Crippen molar-refractivity contribution in [2.45, 2.75) is 6.42 Å². The predicted octanol–water partition coefficient (Wildman–Crippen LogP) is 3.93. The Bertz CT molecular complexity index is 1210. The molecule has 0 radical (unpaired) electrons. The fourth-order valence-electron chi connectivity index (χ4n) is 3.22. The van der Waals surface area contributed by atoms with Crippen LogP contribution in [0.25, 0.3) is 27.7 Å². The minimum Gasteiger partial charge on any atom is -0.264 e. The maximum absolute atomic E-state index is 4.76. The predicted molar refractivity (Wildman–Crippen MR) is 101 cm³/mol. The fourth-order valence-corrected chi connectivity index (χ4v) is 3.22. The second-order valence-corrected chi connectivity index (χ2v) is 6.16. The Labute approximate surface area is 150 Å². The van der Waals surface area contributed by atoms with E-state index in [4.69, 9.17) is 5.10 Å². The second kappa shape index (κ2) is 6.04. The number of rotatable bonds is 3. The number of hydrogen-bond acceptors (Lipinski definition) is 4. The van der Waals surface area contributed by atoms with Crippen LogP contribution in [-0.2, 0) is 6.42 Å². The molecule has 5 rings (SSSR count). The lowest BCUT2D eigenvalue weighted by Gasteiger charge is -2.06. The van der Waals surface area contributed by atoms with E-state index < -0.39 is 0 Å². The first-order valence-electron chi connectivity index (χ1n) is 8.47. The maximum Gasteiger partial charge on any atom is 0.177 e. The Hall–Kier alpha value is -3.60. The van der Waals surface area contributed by atoms with Gasteiger partial charge in [-0.2, -0.15) is 9.61 Å². The van der Waals surface area contributed by atoms with Crippen LogP contribution < -0.4 is 0 Å². The van der Waals surface area contributed by atoms with Crippen molar-refractivity contribution >= 4 is 16.4 Å². The molecule has 2 aromatic carbocycles. The van der Waals surface area contributed by atoms with Gasteiger partial charge in [0.2, 0.25) is 0 Å². The summed E-state index contributed by atoms with van der Waals surface area (Å²) in [6.45, 7) is 0. The minimum atomic E-state index is 0.660. The fraction of sp³-hybridized carbons (Fsp3) is 0.0476. The lowest BCUT2D eigenvalue weighted by molar-refractivity contribution is 0.844. The first-order valence-corrected chi connectivity index (χ1v) is 8.47. The van der Waals surface area contributed by atoms with Crippen LogP contribution in [0.5, 0.6) is 0 Å². The number of aromatic nitrogens is 5. The molecule has 0 saturated heterocycles. The zero-order valence-electron chi connectivity index (χ0n) is 13.9. The Kier molecular flexibility index (Phi) is 3.42. The molecule has 3 heterocycles. The molecule has 0 unspecified atom stereocenters. The van der Waals surface area contributed by atoms with E-state index >= 15 is 0 Å². The molecule has 0 aliphatic rings. The van der Waals surface area contributed by atoms with E-state index in [9.17, 15) is 0 Å². The molecule has 5 nitrogen and oxygen atoms in total. The first-order chi connectivity index (χ1) is 12.9. The summed E-state index contributed by atoms with van der Waals surface area (Å²) >= 11 is 0. The molecule has 0 atom stereocenters. The average Bonchev–Trinajstić information content (AvgIpc) is 3.11. The molecule has 0 saturated carbocycles. The van der Waals surface area contributed by atoms with Crippen LogP contribution in [0.15, 0.2) is 79.1 Å². The Morgan fingerprint density at radius 1 is 0.808 bits per heavy atom. The molecule has 0 spiro atoms. The number of benzene rings is 2. The summed E-state index contributed by atoms with van der Waals surface area (Å²) in [4.78, 5) is 4.20. The average molecular weight is 337 g/mol. The summed E-state index contributed by atoms with van der Waals surface area (Å²) in [5.74, 6) is 0.821. The lowest BCUT2D eigenvalue weighted by atomic mass is 10.0. The van der Waals surface area contributed by atoms with Gasteiger partial charge in [0, 0.05) is 29.8 Å². The van der Waals surface area contributed by atoms with Crippen molar-refractivity contribution in [1.29, 1.82) is 0 Å². The summed E-state index contributed by atoms with van der Waals surface area (Å²) in [6.07, 6.45) is 4.36. The molecule has 0 aliphatic heterocycles. The highest BCUT2D eigenvalue weighted by Gasteiger charge is 2.11. The smallest absolute Gasteiger partial charge is 0.177 e. The molecule has 5 heteroatoms. The summed E-state index contributed by atoms with van der Waals surface area (Å²) in [5.41, 5.74) is 3.92. The number of pyridine rings is 1. The zero-order valence-corrected chi connectivity index (χ0v) is 13.9. The first kappa shape index (κ1) is 14.7. The van der Waals surface area contributed by atoms with Crippen LogP contribution in [0.2, 0.25) is 0 Å². The summed E-state index contributed by atoms with van der Waals surface area (Å²) in [7, 11) is 0. The van der Waals surface area contributed by atoms with Gasteiger partial charge >= 0.3 is 0 Å². The highest BCUT2D eigenvalue weighted by atomic mass is 15.4. The second-order valence-electron chi connectivity index (χ2n) is 6.16. The standard InChI is InChI=1S/C21H15N5/c1-2-5-15(6-3-1)19-9-10-20-23-24-21(26(20)25-19)13-16-7-4-8-17-14-22-12-11-18(16)17/h1-12,14H,13H2. The summed E-state index contributed by atoms with van der Waals surface area (Å²) in [5, 5.41) is 15.7.